The first-order valence-electron chi connectivity index (χ1n) is 31.7. The summed E-state index contributed by atoms with van der Waals surface area (Å²) in [5, 5.41) is 0. The number of unbranched alkanes of at least 4 members (excludes halogenated alkanes) is 6. The molecule has 0 heterocycles. The Bertz CT molecular complexity index is 2490. The Labute approximate surface area is 487 Å². The second kappa shape index (κ2) is 34.0. The SMILES string of the molecule is C=CC(=O)OCCCCCCOc1ccc(COC2(C#Cc3ccc(C#CC4(OC(=O)c5ccc(OCCCCCCOC(=O)C=C)cc5)CCC(C5CCC(CCC)CC5)CC4)cc3)CCC(C3CCC(CCC)CC3)CC2)cc1. The van der Waals surface area contributed by atoms with Gasteiger partial charge in [0.15, 0.2) is 5.60 Å². The van der Waals surface area contributed by atoms with Gasteiger partial charge >= 0.3 is 17.9 Å². The van der Waals surface area contributed by atoms with Gasteiger partial charge in [-0.2, -0.15) is 0 Å². The molecule has 0 radical (unpaired) electrons. The van der Waals surface area contributed by atoms with Crippen LogP contribution in [-0.4, -0.2) is 55.5 Å². The highest BCUT2D eigenvalue weighted by atomic mass is 16.6. The Hall–Kier alpha value is -5.77. The Kier molecular flexibility index (Phi) is 26.4. The summed E-state index contributed by atoms with van der Waals surface area (Å²) in [5.41, 5.74) is 2.00. The van der Waals surface area contributed by atoms with Crippen molar-refractivity contribution >= 4 is 17.9 Å². The fourth-order valence-corrected chi connectivity index (χ4v) is 13.2. The van der Waals surface area contributed by atoms with Gasteiger partial charge in [-0.3, -0.25) is 0 Å². The molecule has 0 spiro atoms. The van der Waals surface area contributed by atoms with Gasteiger partial charge in [-0.1, -0.05) is 108 Å². The van der Waals surface area contributed by atoms with E-state index in [1.807, 2.05) is 24.3 Å². The van der Waals surface area contributed by atoms with E-state index in [0.717, 1.165) is 155 Å². The van der Waals surface area contributed by atoms with Crippen LogP contribution in [0.4, 0.5) is 0 Å². The van der Waals surface area contributed by atoms with Crippen LogP contribution in [0, 0.1) is 59.2 Å². The molecule has 4 saturated carbocycles. The molecule has 0 aromatic heterocycles. The van der Waals surface area contributed by atoms with Crippen molar-refractivity contribution in [2.45, 2.75) is 211 Å². The van der Waals surface area contributed by atoms with Gasteiger partial charge in [-0.05, 0) is 236 Å². The zero-order chi connectivity index (χ0) is 57.0. The number of carbonyl (C=O) groups excluding carboxylic acids is 3. The fourth-order valence-electron chi connectivity index (χ4n) is 13.2. The van der Waals surface area contributed by atoms with Crippen molar-refractivity contribution in [3.8, 4) is 35.2 Å². The highest BCUT2D eigenvalue weighted by Gasteiger charge is 2.41. The number of hydrogen-bond donors (Lipinski definition) is 0. The van der Waals surface area contributed by atoms with Gasteiger partial charge in [-0.15, -0.1) is 0 Å². The van der Waals surface area contributed by atoms with E-state index in [1.54, 1.807) is 12.1 Å². The van der Waals surface area contributed by atoms with Crippen LogP contribution in [0.5, 0.6) is 11.5 Å². The number of hydrogen-bond acceptors (Lipinski definition) is 9. The molecule has 0 bridgehead atoms. The van der Waals surface area contributed by atoms with Gasteiger partial charge in [-0.25, -0.2) is 14.4 Å². The van der Waals surface area contributed by atoms with Crippen molar-refractivity contribution in [1.82, 2.24) is 0 Å². The molecule has 3 aromatic carbocycles. The Morgan fingerprint density at radius 2 is 0.889 bits per heavy atom. The van der Waals surface area contributed by atoms with Crippen LogP contribution >= 0.6 is 0 Å². The summed E-state index contributed by atoms with van der Waals surface area (Å²) in [6.07, 6.45) is 33.5. The maximum atomic E-state index is 14.0. The first kappa shape index (κ1) is 62.8. The van der Waals surface area contributed by atoms with Crippen LogP contribution in [-0.2, 0) is 35.1 Å². The van der Waals surface area contributed by atoms with E-state index in [0.29, 0.717) is 50.3 Å². The molecule has 9 heteroatoms. The molecular weight excluding hydrogens is 1010 g/mol. The summed E-state index contributed by atoms with van der Waals surface area (Å²) in [6.45, 7) is 14.0. The van der Waals surface area contributed by atoms with E-state index >= 15 is 0 Å². The van der Waals surface area contributed by atoms with E-state index in [4.69, 9.17) is 28.4 Å². The van der Waals surface area contributed by atoms with Crippen molar-refractivity contribution in [2.24, 2.45) is 35.5 Å². The van der Waals surface area contributed by atoms with Gasteiger partial charge in [0.2, 0.25) is 0 Å². The van der Waals surface area contributed by atoms with Crippen LogP contribution < -0.4 is 9.47 Å². The molecule has 4 aliphatic carbocycles. The summed E-state index contributed by atoms with van der Waals surface area (Å²) in [4.78, 5) is 36.5. The van der Waals surface area contributed by atoms with Crippen molar-refractivity contribution in [1.29, 1.82) is 0 Å². The Morgan fingerprint density at radius 3 is 1.32 bits per heavy atom. The molecule has 3 aromatic rings. The first-order chi connectivity index (χ1) is 39.6. The van der Waals surface area contributed by atoms with Crippen LogP contribution in [0.3, 0.4) is 0 Å². The van der Waals surface area contributed by atoms with Crippen LogP contribution in [0.1, 0.15) is 221 Å². The van der Waals surface area contributed by atoms with E-state index in [1.165, 1.54) is 89.2 Å². The summed E-state index contributed by atoms with van der Waals surface area (Å²) in [6, 6.07) is 23.8. The average molecular weight is 1110 g/mol. The normalized spacial score (nSPS) is 24.4. The van der Waals surface area contributed by atoms with Crippen molar-refractivity contribution in [3.05, 3.63) is 120 Å². The van der Waals surface area contributed by atoms with Crippen LogP contribution in [0.15, 0.2) is 98.1 Å². The van der Waals surface area contributed by atoms with Crippen molar-refractivity contribution in [2.75, 3.05) is 26.4 Å². The number of benzene rings is 3. The van der Waals surface area contributed by atoms with Gasteiger partial charge in [0.05, 0.1) is 38.6 Å². The van der Waals surface area contributed by atoms with E-state index in [9.17, 15) is 14.4 Å². The molecule has 0 aliphatic heterocycles. The highest BCUT2D eigenvalue weighted by Crippen LogP contribution is 2.46. The third-order valence-corrected chi connectivity index (χ3v) is 18.2. The van der Waals surface area contributed by atoms with Gasteiger partial charge in [0, 0.05) is 23.3 Å². The zero-order valence-corrected chi connectivity index (χ0v) is 49.5. The third-order valence-electron chi connectivity index (χ3n) is 18.2. The van der Waals surface area contributed by atoms with Gasteiger partial charge in [0.1, 0.15) is 17.1 Å². The minimum Gasteiger partial charge on any atom is -0.494 e. The minimum absolute atomic E-state index is 0.352. The van der Waals surface area contributed by atoms with Crippen LogP contribution in [0.25, 0.3) is 0 Å². The van der Waals surface area contributed by atoms with Gasteiger partial charge in [0.25, 0.3) is 0 Å². The monoisotopic (exact) mass is 1100 g/mol. The first-order valence-corrected chi connectivity index (χ1v) is 31.7. The number of esters is 3. The lowest BCUT2D eigenvalue weighted by Crippen LogP contribution is -2.39. The molecular formula is C72H96O9. The lowest BCUT2D eigenvalue weighted by Gasteiger charge is -2.41. The molecule has 4 fully saturated rings. The second-order valence-electron chi connectivity index (χ2n) is 24.0. The average Bonchev–Trinajstić information content (AvgIpc) is 3.63. The summed E-state index contributed by atoms with van der Waals surface area (Å²) < 4.78 is 35.7. The van der Waals surface area contributed by atoms with E-state index in [-0.39, 0.29) is 17.9 Å². The summed E-state index contributed by atoms with van der Waals surface area (Å²) in [5.74, 6) is 19.5. The largest absolute Gasteiger partial charge is 0.494 e. The predicted molar refractivity (Wildman–Crippen MR) is 324 cm³/mol. The molecule has 0 amide bonds. The lowest BCUT2D eigenvalue weighted by atomic mass is 9.67. The molecule has 81 heavy (non-hydrogen) atoms. The summed E-state index contributed by atoms with van der Waals surface area (Å²) in [7, 11) is 0. The topological polar surface area (TPSA) is 107 Å². The molecule has 438 valence electrons. The van der Waals surface area contributed by atoms with E-state index < -0.39 is 11.2 Å². The van der Waals surface area contributed by atoms with Crippen LogP contribution in [0.2, 0.25) is 0 Å². The zero-order valence-electron chi connectivity index (χ0n) is 49.5. The molecule has 7 rings (SSSR count). The molecule has 0 unspecified atom stereocenters. The molecule has 9 nitrogen and oxygen atoms in total. The van der Waals surface area contributed by atoms with Crippen molar-refractivity contribution < 1.29 is 42.8 Å². The third kappa shape index (κ3) is 21.2. The molecule has 0 saturated heterocycles. The second-order valence-corrected chi connectivity index (χ2v) is 24.0. The lowest BCUT2D eigenvalue weighted by molar-refractivity contribution is -0.138. The standard InChI is InChI=1S/C72H96O9/c1-5-17-56-23-29-61(30-24-56)63-41-47-71(48-42-63,80-55-60-27-35-66(36-28-60)76-51-13-9-11-15-53-78-68(73)7-3)45-39-58-19-21-59(22-20-58)40-46-72(49-43-64(44-50-72)62-31-25-57(18-6-2)26-32-62)81-70(75)65-33-37-67(38-34-65)77-52-14-10-12-16-54-79-69(74)8-4/h7-8,19-22,27-28,33-38,56-57,61-64H,3-6,9-18,23-26,29-32,41-44,47-55H2,1-2H3. The number of rotatable bonds is 29. The summed E-state index contributed by atoms with van der Waals surface area (Å²) >= 11 is 0. The Balaban J connectivity index is 0.977. The quantitative estimate of drug-likeness (QED) is 0.0221. The number of carbonyl (C=O) groups is 3. The smallest absolute Gasteiger partial charge is 0.339 e. The maximum absolute atomic E-state index is 14.0. The molecule has 0 atom stereocenters. The van der Waals surface area contributed by atoms with Gasteiger partial charge < -0.3 is 28.4 Å². The molecule has 0 N–H and O–H groups in total. The predicted octanol–water partition coefficient (Wildman–Crippen LogP) is 16.9. The minimum atomic E-state index is -0.873. The van der Waals surface area contributed by atoms with E-state index in [2.05, 4.69) is 87.1 Å². The highest BCUT2D eigenvalue weighted by molar-refractivity contribution is 5.90. The maximum Gasteiger partial charge on any atom is 0.339 e. The molecule has 4 aliphatic rings. The number of ether oxygens (including phenoxy) is 6. The Morgan fingerprint density at radius 1 is 0.494 bits per heavy atom. The fraction of sp³-hybridized carbons (Fsp3) is 0.597. The van der Waals surface area contributed by atoms with Crippen molar-refractivity contribution in [3.63, 3.8) is 0 Å².